The van der Waals surface area contributed by atoms with Crippen LogP contribution in [0.3, 0.4) is 0 Å². The van der Waals surface area contributed by atoms with Crippen molar-refractivity contribution in [3.8, 4) is 0 Å². The van der Waals surface area contributed by atoms with Crippen molar-refractivity contribution >= 4 is 17.0 Å². The highest BCUT2D eigenvalue weighted by Crippen LogP contribution is 2.32. The van der Waals surface area contributed by atoms with Crippen LogP contribution in [0, 0.1) is 0 Å². The van der Waals surface area contributed by atoms with Crippen molar-refractivity contribution in [3.05, 3.63) is 30.9 Å². The number of aryl methyl sites for hydroxylation is 2. The van der Waals surface area contributed by atoms with E-state index in [4.69, 9.17) is 10.5 Å². The summed E-state index contributed by atoms with van der Waals surface area (Å²) in [6.45, 7) is 0.368. The van der Waals surface area contributed by atoms with Crippen molar-refractivity contribution in [1.82, 2.24) is 29.1 Å². The summed E-state index contributed by atoms with van der Waals surface area (Å²) in [5.41, 5.74) is 6.82. The third-order valence-electron chi connectivity index (χ3n) is 4.66. The zero-order valence-corrected chi connectivity index (χ0v) is 14.5. The van der Waals surface area contributed by atoms with Gasteiger partial charge in [0, 0.05) is 25.4 Å². The molecular formula is C16H21N7O4. The molecule has 0 aromatic carbocycles. The zero-order chi connectivity index (χ0) is 19.0. The highest BCUT2D eigenvalue weighted by Gasteiger charge is 2.44. The summed E-state index contributed by atoms with van der Waals surface area (Å²) in [5, 5.41) is 29.5. The van der Waals surface area contributed by atoms with Gasteiger partial charge in [0.05, 0.1) is 19.3 Å². The molecular weight excluding hydrogens is 354 g/mol. The maximum atomic E-state index is 10.3. The lowest BCUT2D eigenvalue weighted by Gasteiger charge is -2.16. The normalized spacial score (nSPS) is 25.4. The van der Waals surface area contributed by atoms with Gasteiger partial charge in [0.25, 0.3) is 0 Å². The second-order valence-electron chi connectivity index (χ2n) is 6.48. The van der Waals surface area contributed by atoms with E-state index in [0.29, 0.717) is 23.4 Å². The number of fused-ring (bicyclic) bond motifs is 1. The SMILES string of the molecule is Nc1nc(CCCn2ccnc2)nc2c1ncn2[C@@H]1O[C@H](CO)C(O)C1O. The number of aliphatic hydroxyl groups is 3. The van der Waals surface area contributed by atoms with Gasteiger partial charge in [-0.05, 0) is 6.42 Å². The first-order valence-corrected chi connectivity index (χ1v) is 8.65. The van der Waals surface area contributed by atoms with E-state index >= 15 is 0 Å². The molecule has 4 rings (SSSR count). The molecule has 1 saturated heterocycles. The van der Waals surface area contributed by atoms with Crippen LogP contribution < -0.4 is 5.73 Å². The lowest BCUT2D eigenvalue weighted by molar-refractivity contribution is -0.0511. The van der Waals surface area contributed by atoms with Crippen molar-refractivity contribution in [2.45, 2.75) is 43.9 Å². The van der Waals surface area contributed by atoms with Crippen molar-refractivity contribution < 1.29 is 20.1 Å². The maximum Gasteiger partial charge on any atom is 0.167 e. The van der Waals surface area contributed by atoms with Gasteiger partial charge in [-0.25, -0.2) is 19.9 Å². The number of ether oxygens (including phenoxy) is 1. The van der Waals surface area contributed by atoms with Crippen molar-refractivity contribution in [2.24, 2.45) is 0 Å². The average molecular weight is 375 g/mol. The van der Waals surface area contributed by atoms with Gasteiger partial charge in [-0.3, -0.25) is 4.57 Å². The van der Waals surface area contributed by atoms with Crippen LogP contribution in [-0.2, 0) is 17.7 Å². The number of hydrogen-bond donors (Lipinski definition) is 4. The third-order valence-corrected chi connectivity index (χ3v) is 4.66. The van der Waals surface area contributed by atoms with Crippen LogP contribution in [0.2, 0.25) is 0 Å². The fourth-order valence-electron chi connectivity index (χ4n) is 3.23. The molecule has 144 valence electrons. The van der Waals surface area contributed by atoms with Crippen LogP contribution in [0.1, 0.15) is 18.5 Å². The predicted molar refractivity (Wildman–Crippen MR) is 93.3 cm³/mol. The van der Waals surface area contributed by atoms with Crippen LogP contribution in [0.25, 0.3) is 11.2 Å². The largest absolute Gasteiger partial charge is 0.394 e. The molecule has 0 bridgehead atoms. The lowest BCUT2D eigenvalue weighted by Crippen LogP contribution is -2.33. The molecule has 4 heterocycles. The molecule has 0 spiro atoms. The highest BCUT2D eigenvalue weighted by molar-refractivity contribution is 5.81. The fourth-order valence-corrected chi connectivity index (χ4v) is 3.23. The molecule has 3 aromatic heterocycles. The molecule has 3 aromatic rings. The monoisotopic (exact) mass is 375 g/mol. The number of aromatic nitrogens is 6. The van der Waals surface area contributed by atoms with Gasteiger partial charge in [-0.15, -0.1) is 0 Å². The fraction of sp³-hybridized carbons (Fsp3) is 0.500. The summed E-state index contributed by atoms with van der Waals surface area (Å²) < 4.78 is 9.03. The zero-order valence-electron chi connectivity index (χ0n) is 14.5. The van der Waals surface area contributed by atoms with Crippen LogP contribution >= 0.6 is 0 Å². The van der Waals surface area contributed by atoms with Crippen LogP contribution in [-0.4, -0.2) is 69.3 Å². The van der Waals surface area contributed by atoms with E-state index in [0.717, 1.165) is 13.0 Å². The first-order chi connectivity index (χ1) is 13.1. The van der Waals surface area contributed by atoms with E-state index in [9.17, 15) is 15.3 Å². The molecule has 0 aliphatic carbocycles. The van der Waals surface area contributed by atoms with E-state index in [1.54, 1.807) is 12.5 Å². The number of rotatable bonds is 6. The maximum absolute atomic E-state index is 10.3. The van der Waals surface area contributed by atoms with Gasteiger partial charge in [0.1, 0.15) is 29.7 Å². The average Bonchev–Trinajstić information content (AvgIpc) is 3.37. The van der Waals surface area contributed by atoms with Gasteiger partial charge >= 0.3 is 0 Å². The second kappa shape index (κ2) is 7.19. The number of imidazole rings is 2. The topological polar surface area (TPSA) is 157 Å². The predicted octanol–water partition coefficient (Wildman–Crippen LogP) is -1.15. The summed E-state index contributed by atoms with van der Waals surface area (Å²) >= 11 is 0. The minimum Gasteiger partial charge on any atom is -0.394 e. The van der Waals surface area contributed by atoms with Crippen molar-refractivity contribution in [2.75, 3.05) is 12.3 Å². The molecule has 27 heavy (non-hydrogen) atoms. The number of nitrogens with zero attached hydrogens (tertiary/aromatic N) is 6. The molecule has 0 amide bonds. The number of aliphatic hydroxyl groups excluding tert-OH is 3. The van der Waals surface area contributed by atoms with Gasteiger partial charge in [-0.1, -0.05) is 0 Å². The van der Waals surface area contributed by atoms with Gasteiger partial charge in [0.15, 0.2) is 17.7 Å². The van der Waals surface area contributed by atoms with Gasteiger partial charge in [-0.2, -0.15) is 0 Å². The van der Waals surface area contributed by atoms with E-state index in [1.807, 2.05) is 10.8 Å². The summed E-state index contributed by atoms with van der Waals surface area (Å²) in [6, 6.07) is 0. The van der Waals surface area contributed by atoms with E-state index in [2.05, 4.69) is 19.9 Å². The number of hydrogen-bond acceptors (Lipinski definition) is 9. The van der Waals surface area contributed by atoms with Crippen LogP contribution in [0.5, 0.6) is 0 Å². The molecule has 1 aliphatic heterocycles. The van der Waals surface area contributed by atoms with E-state index in [-0.39, 0.29) is 5.82 Å². The Morgan fingerprint density at radius 3 is 2.74 bits per heavy atom. The third kappa shape index (κ3) is 3.25. The molecule has 0 saturated carbocycles. The van der Waals surface area contributed by atoms with Gasteiger partial charge in [0.2, 0.25) is 0 Å². The van der Waals surface area contributed by atoms with E-state index in [1.165, 1.54) is 10.9 Å². The molecule has 11 heteroatoms. The molecule has 2 unspecified atom stereocenters. The minimum absolute atomic E-state index is 0.239. The Bertz CT molecular complexity index is 913. The number of nitrogens with two attached hydrogens (primary N) is 1. The second-order valence-corrected chi connectivity index (χ2v) is 6.48. The lowest BCUT2D eigenvalue weighted by atomic mass is 10.1. The quantitative estimate of drug-likeness (QED) is 0.417. The Hall–Kier alpha value is -2.60. The Labute approximate surface area is 154 Å². The summed E-state index contributed by atoms with van der Waals surface area (Å²) in [6.07, 6.45) is 3.96. The minimum atomic E-state index is -1.22. The Morgan fingerprint density at radius 1 is 1.19 bits per heavy atom. The first-order valence-electron chi connectivity index (χ1n) is 8.65. The van der Waals surface area contributed by atoms with E-state index < -0.39 is 31.1 Å². The summed E-state index contributed by atoms with van der Waals surface area (Å²) in [4.78, 5) is 17.0. The molecule has 11 nitrogen and oxygen atoms in total. The van der Waals surface area contributed by atoms with Crippen molar-refractivity contribution in [1.29, 1.82) is 0 Å². The molecule has 1 aliphatic rings. The number of anilines is 1. The molecule has 1 fully saturated rings. The smallest absolute Gasteiger partial charge is 0.167 e. The Morgan fingerprint density at radius 2 is 2.04 bits per heavy atom. The Balaban J connectivity index is 1.58. The molecule has 5 N–H and O–H groups in total. The number of nitrogen functional groups attached to an aromatic ring is 1. The standard InChI is InChI=1S/C16H21N7O4/c17-14-11-15(21-10(20-14)2-1-4-22-5-3-18-7-22)23(8-19-11)16-13(26)12(25)9(6-24)27-16/h3,5,7-9,12-13,16,24-26H,1-2,4,6H2,(H2,17,20,21)/t9-,12?,13?,16-/m1/s1. The molecule has 0 radical (unpaired) electrons. The van der Waals surface area contributed by atoms with Gasteiger partial charge < -0.3 is 30.4 Å². The summed E-state index contributed by atoms with van der Waals surface area (Å²) in [7, 11) is 0. The van der Waals surface area contributed by atoms with Crippen LogP contribution in [0.4, 0.5) is 5.82 Å². The Kier molecular flexibility index (Phi) is 4.74. The summed E-state index contributed by atoms with van der Waals surface area (Å²) in [5.74, 6) is 0.789. The molecule has 4 atom stereocenters. The highest BCUT2D eigenvalue weighted by atomic mass is 16.6. The van der Waals surface area contributed by atoms with Crippen LogP contribution in [0.15, 0.2) is 25.0 Å². The first kappa shape index (κ1) is 17.8. The van der Waals surface area contributed by atoms with Crippen molar-refractivity contribution in [3.63, 3.8) is 0 Å².